The van der Waals surface area contributed by atoms with Gasteiger partial charge in [-0.2, -0.15) is 0 Å². The van der Waals surface area contributed by atoms with E-state index in [1.807, 2.05) is 6.92 Å². The monoisotopic (exact) mass is 461 g/mol. The Bertz CT molecular complexity index is 1170. The van der Waals surface area contributed by atoms with Crippen LogP contribution in [-0.2, 0) is 10.0 Å². The number of anilines is 2. The predicted octanol–water partition coefficient (Wildman–Crippen LogP) is 4.20. The highest BCUT2D eigenvalue weighted by Gasteiger charge is 2.21. The van der Waals surface area contributed by atoms with Gasteiger partial charge in [-0.3, -0.25) is 9.52 Å². The molecule has 0 saturated carbocycles. The number of ether oxygens (including phenoxy) is 2. The van der Waals surface area contributed by atoms with Crippen molar-refractivity contribution >= 4 is 38.9 Å². The van der Waals surface area contributed by atoms with Crippen molar-refractivity contribution in [3.05, 3.63) is 71.5 Å². The van der Waals surface area contributed by atoms with Crippen LogP contribution in [0.25, 0.3) is 0 Å². The Labute approximate surface area is 185 Å². The second kappa shape index (κ2) is 9.67. The number of amides is 1. The average molecular weight is 462 g/mol. The minimum Gasteiger partial charge on any atom is -0.495 e. The van der Waals surface area contributed by atoms with E-state index in [0.717, 1.165) is 0 Å². The third kappa shape index (κ3) is 5.65. The molecule has 8 nitrogen and oxygen atoms in total. The zero-order chi connectivity index (χ0) is 22.4. The van der Waals surface area contributed by atoms with Crippen molar-refractivity contribution in [2.75, 3.05) is 23.8 Å². The molecule has 1 aromatic heterocycles. The minimum absolute atomic E-state index is 0.129. The number of benzene rings is 2. The number of rotatable bonds is 8. The second-order valence-electron chi connectivity index (χ2n) is 6.25. The molecule has 0 bridgehead atoms. The van der Waals surface area contributed by atoms with Gasteiger partial charge in [0.25, 0.3) is 15.9 Å². The lowest BCUT2D eigenvalue weighted by molar-refractivity contribution is 0.102. The number of hydrogen-bond acceptors (Lipinski definition) is 6. The number of methoxy groups -OCH3 is 1. The number of carbonyl (C=O) groups is 1. The predicted molar refractivity (Wildman–Crippen MR) is 119 cm³/mol. The van der Waals surface area contributed by atoms with Crippen LogP contribution in [0.15, 0.2) is 65.7 Å². The van der Waals surface area contributed by atoms with Crippen molar-refractivity contribution in [2.45, 2.75) is 11.8 Å². The Balaban J connectivity index is 1.84. The third-order valence-corrected chi connectivity index (χ3v) is 5.74. The molecule has 0 radical (unpaired) electrons. The summed E-state index contributed by atoms with van der Waals surface area (Å²) < 4.78 is 39.0. The molecule has 0 aliphatic heterocycles. The van der Waals surface area contributed by atoms with E-state index in [1.165, 1.54) is 43.6 Å². The Morgan fingerprint density at radius 1 is 1.06 bits per heavy atom. The van der Waals surface area contributed by atoms with Crippen LogP contribution in [0.5, 0.6) is 11.5 Å². The van der Waals surface area contributed by atoms with Crippen molar-refractivity contribution in [1.82, 2.24) is 4.98 Å². The molecule has 162 valence electrons. The lowest BCUT2D eigenvalue weighted by Crippen LogP contribution is -2.16. The topological polar surface area (TPSA) is 107 Å². The highest BCUT2D eigenvalue weighted by Crippen LogP contribution is 2.29. The summed E-state index contributed by atoms with van der Waals surface area (Å²) in [5.74, 6) is 0.297. The maximum absolute atomic E-state index is 13.0. The fourth-order valence-electron chi connectivity index (χ4n) is 2.67. The molecule has 0 atom stereocenters. The summed E-state index contributed by atoms with van der Waals surface area (Å²) in [6, 6.07) is 13.8. The van der Waals surface area contributed by atoms with Gasteiger partial charge in [0.05, 0.1) is 19.3 Å². The van der Waals surface area contributed by atoms with Gasteiger partial charge in [0.15, 0.2) is 0 Å². The summed E-state index contributed by atoms with van der Waals surface area (Å²) in [5, 5.41) is 2.90. The van der Waals surface area contributed by atoms with Crippen molar-refractivity contribution in [2.24, 2.45) is 0 Å². The molecule has 0 unspecified atom stereocenters. The highest BCUT2D eigenvalue weighted by atomic mass is 35.5. The van der Waals surface area contributed by atoms with Crippen LogP contribution in [0.1, 0.15) is 17.3 Å². The molecule has 0 fully saturated rings. The maximum atomic E-state index is 13.0. The van der Waals surface area contributed by atoms with E-state index < -0.39 is 15.9 Å². The van der Waals surface area contributed by atoms with Gasteiger partial charge < -0.3 is 14.8 Å². The number of nitrogens with zero attached hydrogens (tertiary/aromatic N) is 1. The van der Waals surface area contributed by atoms with Gasteiger partial charge in [-0.1, -0.05) is 11.6 Å². The van der Waals surface area contributed by atoms with Crippen LogP contribution < -0.4 is 19.5 Å². The first kappa shape index (κ1) is 22.4. The Morgan fingerprint density at radius 2 is 1.77 bits per heavy atom. The summed E-state index contributed by atoms with van der Waals surface area (Å²) >= 11 is 5.73. The average Bonchev–Trinajstić information content (AvgIpc) is 2.75. The Kier molecular flexibility index (Phi) is 6.98. The summed E-state index contributed by atoms with van der Waals surface area (Å²) in [7, 11) is -2.64. The van der Waals surface area contributed by atoms with E-state index >= 15 is 0 Å². The summed E-state index contributed by atoms with van der Waals surface area (Å²) in [5.41, 5.74) is 0.900. The quantitative estimate of drug-likeness (QED) is 0.487. The molecule has 0 saturated heterocycles. The first-order valence-electron chi connectivity index (χ1n) is 9.19. The van der Waals surface area contributed by atoms with Crippen molar-refractivity contribution < 1.29 is 22.7 Å². The molecule has 10 heteroatoms. The fourth-order valence-corrected chi connectivity index (χ4v) is 4.04. The first-order chi connectivity index (χ1) is 14.8. The van der Waals surface area contributed by atoms with Crippen LogP contribution in [0, 0.1) is 0 Å². The third-order valence-electron chi connectivity index (χ3n) is 4.12. The van der Waals surface area contributed by atoms with Crippen LogP contribution in [0.2, 0.25) is 5.15 Å². The molecule has 0 spiro atoms. The molecule has 3 aromatic rings. The molecule has 31 heavy (non-hydrogen) atoms. The molecule has 2 N–H and O–H groups in total. The number of halogens is 1. The minimum atomic E-state index is -4.01. The van der Waals surface area contributed by atoms with Crippen LogP contribution in [-0.4, -0.2) is 33.0 Å². The molecule has 1 heterocycles. The number of carbonyl (C=O) groups excluding carboxylic acids is 1. The molecular weight excluding hydrogens is 442 g/mol. The van der Waals surface area contributed by atoms with Gasteiger partial charge in [-0.15, -0.1) is 0 Å². The zero-order valence-corrected chi connectivity index (χ0v) is 18.3. The van der Waals surface area contributed by atoms with Gasteiger partial charge in [0.2, 0.25) is 0 Å². The SMILES string of the molecule is CCOc1ccc(NS(=O)(=O)c2cc(NC(=O)c3ccc(Cl)nc3)ccc2OC)cc1. The van der Waals surface area contributed by atoms with E-state index in [2.05, 4.69) is 15.0 Å². The van der Waals surface area contributed by atoms with Gasteiger partial charge >= 0.3 is 0 Å². The number of pyridine rings is 1. The number of nitrogens with one attached hydrogen (secondary N) is 2. The van der Waals surface area contributed by atoms with Gasteiger partial charge in [-0.25, -0.2) is 13.4 Å². The van der Waals surface area contributed by atoms with Crippen molar-refractivity contribution in [3.63, 3.8) is 0 Å². The smallest absolute Gasteiger partial charge is 0.265 e. The fraction of sp³-hybridized carbons (Fsp3) is 0.143. The van der Waals surface area contributed by atoms with Gasteiger partial charge in [0, 0.05) is 17.6 Å². The van der Waals surface area contributed by atoms with E-state index in [1.54, 1.807) is 24.3 Å². The molecule has 0 aliphatic rings. The van der Waals surface area contributed by atoms with Crippen molar-refractivity contribution in [1.29, 1.82) is 0 Å². The molecule has 3 rings (SSSR count). The summed E-state index contributed by atoms with van der Waals surface area (Å²) in [6.45, 7) is 2.37. The van der Waals surface area contributed by atoms with Crippen LogP contribution >= 0.6 is 11.6 Å². The van der Waals surface area contributed by atoms with Gasteiger partial charge in [0.1, 0.15) is 21.5 Å². The number of hydrogen-bond donors (Lipinski definition) is 2. The number of sulfonamides is 1. The highest BCUT2D eigenvalue weighted by molar-refractivity contribution is 7.92. The zero-order valence-electron chi connectivity index (χ0n) is 16.8. The standard InChI is InChI=1S/C21H20ClN3O5S/c1-3-30-17-8-5-15(6-9-17)25-31(27,28)19-12-16(7-10-18(19)29-2)24-21(26)14-4-11-20(22)23-13-14/h4-13,25H,3H2,1-2H3,(H,24,26). The van der Waals surface area contributed by atoms with Gasteiger partial charge in [-0.05, 0) is 61.5 Å². The largest absolute Gasteiger partial charge is 0.495 e. The normalized spacial score (nSPS) is 10.9. The molecular formula is C21H20ClN3O5S. The van der Waals surface area contributed by atoms with E-state index in [0.29, 0.717) is 18.0 Å². The lowest BCUT2D eigenvalue weighted by atomic mass is 10.2. The van der Waals surface area contributed by atoms with E-state index in [-0.39, 0.29) is 27.0 Å². The molecule has 0 aliphatic carbocycles. The summed E-state index contributed by atoms with van der Waals surface area (Å²) in [6.07, 6.45) is 1.33. The Hall–Kier alpha value is -3.30. The first-order valence-corrected chi connectivity index (χ1v) is 11.0. The summed E-state index contributed by atoms with van der Waals surface area (Å²) in [4.78, 5) is 16.1. The number of aromatic nitrogens is 1. The van der Waals surface area contributed by atoms with Crippen LogP contribution in [0.4, 0.5) is 11.4 Å². The van der Waals surface area contributed by atoms with Crippen LogP contribution in [0.3, 0.4) is 0 Å². The van der Waals surface area contributed by atoms with E-state index in [9.17, 15) is 13.2 Å². The maximum Gasteiger partial charge on any atom is 0.265 e. The van der Waals surface area contributed by atoms with Crippen molar-refractivity contribution in [3.8, 4) is 11.5 Å². The lowest BCUT2D eigenvalue weighted by Gasteiger charge is -2.14. The Morgan fingerprint density at radius 3 is 2.39 bits per heavy atom. The second-order valence-corrected chi connectivity index (χ2v) is 8.29. The molecule has 1 amide bonds. The van der Waals surface area contributed by atoms with E-state index in [4.69, 9.17) is 21.1 Å². The molecule has 2 aromatic carbocycles.